The summed E-state index contributed by atoms with van der Waals surface area (Å²) in [5.41, 5.74) is 6.30. The van der Waals surface area contributed by atoms with E-state index in [2.05, 4.69) is 46.6 Å². The molecule has 0 amide bonds. The van der Waals surface area contributed by atoms with E-state index in [9.17, 15) is 0 Å². The van der Waals surface area contributed by atoms with Crippen LogP contribution in [-0.2, 0) is 13.6 Å². The van der Waals surface area contributed by atoms with Crippen LogP contribution < -0.4 is 5.32 Å². The molecule has 0 atom stereocenters. The molecule has 6 heteroatoms. The number of hydrogen-bond acceptors (Lipinski definition) is 4. The fourth-order valence-electron chi connectivity index (χ4n) is 2.89. The lowest BCUT2D eigenvalue weighted by molar-refractivity contribution is 0.740. The molecular formula is C19H20N6. The van der Waals surface area contributed by atoms with Crippen LogP contribution in [0.3, 0.4) is 0 Å². The van der Waals surface area contributed by atoms with Crippen LogP contribution in [0.1, 0.15) is 16.8 Å². The van der Waals surface area contributed by atoms with Crippen molar-refractivity contribution in [3.8, 4) is 11.3 Å². The van der Waals surface area contributed by atoms with Crippen LogP contribution >= 0.6 is 0 Å². The maximum atomic E-state index is 4.77. The first-order valence-electron chi connectivity index (χ1n) is 8.24. The number of fused-ring (bicyclic) bond motifs is 1. The van der Waals surface area contributed by atoms with Gasteiger partial charge in [-0.15, -0.1) is 0 Å². The minimum Gasteiger partial charge on any atom is -0.365 e. The number of imidazole rings is 1. The molecule has 1 aromatic carbocycles. The molecule has 0 radical (unpaired) electrons. The van der Waals surface area contributed by atoms with Gasteiger partial charge in [0.2, 0.25) is 0 Å². The van der Waals surface area contributed by atoms with Crippen LogP contribution in [0.4, 0.5) is 5.82 Å². The quantitative estimate of drug-likeness (QED) is 0.622. The third-order valence-corrected chi connectivity index (χ3v) is 4.50. The Kier molecular flexibility index (Phi) is 3.72. The smallest absolute Gasteiger partial charge is 0.157 e. The van der Waals surface area contributed by atoms with Gasteiger partial charge in [-0.25, -0.2) is 4.98 Å². The summed E-state index contributed by atoms with van der Waals surface area (Å²) in [6.07, 6.45) is 7.33. The third kappa shape index (κ3) is 2.76. The summed E-state index contributed by atoms with van der Waals surface area (Å²) in [5, 5.41) is 7.90. The molecule has 6 nitrogen and oxygen atoms in total. The highest BCUT2D eigenvalue weighted by atomic mass is 15.3. The summed E-state index contributed by atoms with van der Waals surface area (Å²) in [5.74, 6) is 0.953. The number of benzene rings is 1. The zero-order valence-electron chi connectivity index (χ0n) is 14.6. The van der Waals surface area contributed by atoms with Gasteiger partial charge in [-0.05, 0) is 19.4 Å². The van der Waals surface area contributed by atoms with Crippen molar-refractivity contribution < 1.29 is 0 Å². The first-order chi connectivity index (χ1) is 12.1. The highest BCUT2D eigenvalue weighted by molar-refractivity contribution is 5.77. The molecule has 25 heavy (non-hydrogen) atoms. The van der Waals surface area contributed by atoms with E-state index in [1.54, 1.807) is 12.4 Å². The predicted molar refractivity (Wildman–Crippen MR) is 98.4 cm³/mol. The molecule has 0 bridgehead atoms. The molecule has 1 N–H and O–H groups in total. The Morgan fingerprint density at radius 1 is 1.08 bits per heavy atom. The first kappa shape index (κ1) is 15.4. The second-order valence-corrected chi connectivity index (χ2v) is 6.22. The monoisotopic (exact) mass is 332 g/mol. The molecule has 3 aromatic heterocycles. The van der Waals surface area contributed by atoms with Crippen LogP contribution in [0.2, 0.25) is 0 Å². The Hall–Kier alpha value is -3.15. The molecule has 4 aromatic rings. The highest BCUT2D eigenvalue weighted by Gasteiger charge is 2.17. The highest BCUT2D eigenvalue weighted by Crippen LogP contribution is 2.30. The zero-order valence-corrected chi connectivity index (χ0v) is 14.6. The van der Waals surface area contributed by atoms with Gasteiger partial charge < -0.3 is 5.32 Å². The lowest BCUT2D eigenvalue weighted by Crippen LogP contribution is -2.03. The molecule has 0 spiro atoms. The molecule has 0 saturated carbocycles. The first-order valence-corrected chi connectivity index (χ1v) is 8.24. The van der Waals surface area contributed by atoms with Crippen LogP contribution in [0.25, 0.3) is 16.9 Å². The minimum atomic E-state index is 0.725. The summed E-state index contributed by atoms with van der Waals surface area (Å²) >= 11 is 0. The van der Waals surface area contributed by atoms with Crippen molar-refractivity contribution in [3.05, 3.63) is 65.9 Å². The maximum Gasteiger partial charge on any atom is 0.157 e. The van der Waals surface area contributed by atoms with Gasteiger partial charge in [0.25, 0.3) is 0 Å². The van der Waals surface area contributed by atoms with E-state index in [1.165, 1.54) is 11.1 Å². The number of hydrogen-bond donors (Lipinski definition) is 1. The van der Waals surface area contributed by atoms with Crippen molar-refractivity contribution >= 4 is 11.5 Å². The Morgan fingerprint density at radius 2 is 1.88 bits per heavy atom. The Labute approximate surface area is 146 Å². The van der Waals surface area contributed by atoms with E-state index in [0.29, 0.717) is 0 Å². The summed E-state index contributed by atoms with van der Waals surface area (Å²) in [6, 6.07) is 8.54. The van der Waals surface area contributed by atoms with Gasteiger partial charge in [0.05, 0.1) is 12.4 Å². The topological polar surface area (TPSA) is 60.0 Å². The lowest BCUT2D eigenvalue weighted by Gasteiger charge is -2.09. The summed E-state index contributed by atoms with van der Waals surface area (Å²) in [4.78, 5) is 8.95. The van der Waals surface area contributed by atoms with Crippen molar-refractivity contribution in [1.29, 1.82) is 0 Å². The fourth-order valence-corrected chi connectivity index (χ4v) is 2.89. The Bertz CT molecular complexity index is 1030. The molecule has 0 aliphatic carbocycles. The van der Waals surface area contributed by atoms with Crippen molar-refractivity contribution in [2.24, 2.45) is 7.05 Å². The van der Waals surface area contributed by atoms with Crippen molar-refractivity contribution in [3.63, 3.8) is 0 Å². The molecule has 3 heterocycles. The number of anilines is 1. The molecule has 0 aliphatic heterocycles. The summed E-state index contributed by atoms with van der Waals surface area (Å²) < 4.78 is 3.89. The van der Waals surface area contributed by atoms with Crippen molar-refractivity contribution in [1.82, 2.24) is 24.1 Å². The van der Waals surface area contributed by atoms with Gasteiger partial charge in [0, 0.05) is 37.2 Å². The van der Waals surface area contributed by atoms with E-state index in [4.69, 9.17) is 4.98 Å². The fraction of sp³-hybridized carbons (Fsp3) is 0.211. The van der Waals surface area contributed by atoms with Crippen LogP contribution in [0, 0.1) is 13.8 Å². The van der Waals surface area contributed by atoms with Crippen molar-refractivity contribution in [2.45, 2.75) is 20.4 Å². The van der Waals surface area contributed by atoms with Gasteiger partial charge in [0.1, 0.15) is 11.5 Å². The van der Waals surface area contributed by atoms with Crippen molar-refractivity contribution in [2.75, 3.05) is 5.32 Å². The van der Waals surface area contributed by atoms with E-state index in [1.807, 2.05) is 35.4 Å². The average molecular weight is 332 g/mol. The molecule has 126 valence electrons. The molecule has 0 aliphatic rings. The minimum absolute atomic E-state index is 0.725. The summed E-state index contributed by atoms with van der Waals surface area (Å²) in [6.45, 7) is 4.87. The van der Waals surface area contributed by atoms with Gasteiger partial charge in [-0.2, -0.15) is 5.10 Å². The standard InChI is InChI=1S/C19H20N6/c1-13-4-6-15(7-5-13)10-21-19-18(16-11-22-24(3)14(16)2)23-17-12-20-8-9-25(17)19/h4-9,11-12,21H,10H2,1-3H3. The molecule has 0 fully saturated rings. The van der Waals surface area contributed by atoms with Gasteiger partial charge in [-0.3, -0.25) is 14.1 Å². The van der Waals surface area contributed by atoms with E-state index in [0.717, 1.165) is 35.0 Å². The third-order valence-electron chi connectivity index (χ3n) is 4.50. The SMILES string of the molecule is Cc1ccc(CNc2c(-c3cnn(C)c3C)nc3cnccn23)cc1. The molecular weight excluding hydrogens is 312 g/mol. The largest absolute Gasteiger partial charge is 0.365 e. The molecule has 0 saturated heterocycles. The van der Waals surface area contributed by atoms with E-state index in [-0.39, 0.29) is 0 Å². The second-order valence-electron chi connectivity index (χ2n) is 6.22. The summed E-state index contributed by atoms with van der Waals surface area (Å²) in [7, 11) is 1.94. The normalized spacial score (nSPS) is 11.2. The van der Waals surface area contributed by atoms with Gasteiger partial charge in [0.15, 0.2) is 5.65 Å². The van der Waals surface area contributed by atoms with Gasteiger partial charge >= 0.3 is 0 Å². The lowest BCUT2D eigenvalue weighted by atomic mass is 10.1. The number of nitrogens with one attached hydrogen (secondary N) is 1. The van der Waals surface area contributed by atoms with Crippen LogP contribution in [0.5, 0.6) is 0 Å². The van der Waals surface area contributed by atoms with E-state index >= 15 is 0 Å². The molecule has 4 rings (SSSR count). The predicted octanol–water partition coefficient (Wildman–Crippen LogP) is 3.36. The van der Waals surface area contributed by atoms with E-state index < -0.39 is 0 Å². The number of aryl methyl sites for hydroxylation is 2. The maximum absolute atomic E-state index is 4.77. The number of nitrogens with zero attached hydrogens (tertiary/aromatic N) is 5. The van der Waals surface area contributed by atoms with Gasteiger partial charge in [-0.1, -0.05) is 29.8 Å². The number of aromatic nitrogens is 5. The average Bonchev–Trinajstić information content (AvgIpc) is 3.15. The zero-order chi connectivity index (χ0) is 17.4. The van der Waals surface area contributed by atoms with Crippen LogP contribution in [-0.4, -0.2) is 24.1 Å². The Morgan fingerprint density at radius 3 is 2.60 bits per heavy atom. The van der Waals surface area contributed by atoms with Crippen LogP contribution in [0.15, 0.2) is 49.1 Å². The number of rotatable bonds is 4. The Balaban J connectivity index is 1.76. The second kappa shape index (κ2) is 6.05. The molecule has 0 unspecified atom stereocenters.